The van der Waals surface area contributed by atoms with Crippen molar-refractivity contribution in [3.63, 3.8) is 0 Å². The van der Waals surface area contributed by atoms with Gasteiger partial charge in [-0.3, -0.25) is 24.2 Å². The molecule has 2 saturated heterocycles. The topological polar surface area (TPSA) is 190 Å². The highest BCUT2D eigenvalue weighted by Crippen LogP contribution is 2.44. The second-order valence-corrected chi connectivity index (χ2v) is 21.8. The summed E-state index contributed by atoms with van der Waals surface area (Å²) in [4.78, 5) is 70.8. The number of carbonyl (C=O) groups is 4. The fraction of sp³-hybridized carbons (Fsp3) is 0.344. The number of likely N-dealkylation sites (tertiary alicyclic amines) is 1. The van der Waals surface area contributed by atoms with Crippen LogP contribution in [0.2, 0.25) is 5.02 Å². The van der Waals surface area contributed by atoms with Gasteiger partial charge in [0, 0.05) is 92.3 Å². The number of aromatic nitrogens is 4. The molecule has 5 atom stereocenters. The number of aryl methyl sites for hydroxylation is 1. The lowest BCUT2D eigenvalue weighted by molar-refractivity contribution is -0.723. The number of nitrogens with one attached hydrogen (secondary N) is 6. The maximum atomic E-state index is 15.6. The Bertz CT molecular complexity index is 3630. The number of allylic oxidation sites excluding steroid dienone is 1. The lowest BCUT2D eigenvalue weighted by atomic mass is 9.98. The van der Waals surface area contributed by atoms with Crippen LogP contribution in [0.1, 0.15) is 106 Å². The van der Waals surface area contributed by atoms with Crippen LogP contribution in [-0.2, 0) is 22.4 Å². The second kappa shape index (κ2) is 23.6. The average molecular weight is 1110 g/mol. The summed E-state index contributed by atoms with van der Waals surface area (Å²) in [5.74, 6) is 14.8. The van der Waals surface area contributed by atoms with Crippen LogP contribution in [0.25, 0.3) is 22.5 Å². The molecule has 0 radical (unpaired) electrons. The van der Waals surface area contributed by atoms with Crippen LogP contribution in [0.15, 0.2) is 98.6 Å². The minimum absolute atomic E-state index is 0.0155. The number of ketones is 1. The quantitative estimate of drug-likeness (QED) is 0.0310. The van der Waals surface area contributed by atoms with E-state index in [9.17, 15) is 14.4 Å². The van der Waals surface area contributed by atoms with Gasteiger partial charge in [0.2, 0.25) is 5.91 Å². The molecule has 2 bridgehead atoms. The Labute approximate surface area is 477 Å². The van der Waals surface area contributed by atoms with Crippen LogP contribution in [-0.4, -0.2) is 107 Å². The number of H-pyrrole nitrogens is 2. The Morgan fingerprint density at radius 3 is 2.36 bits per heavy atom. The highest BCUT2D eigenvalue weighted by molar-refractivity contribution is 6.32. The minimum atomic E-state index is -0.397. The highest BCUT2D eigenvalue weighted by Gasteiger charge is 2.39. The maximum Gasteiger partial charge on any atom is 0.258 e. The van der Waals surface area contributed by atoms with E-state index in [0.717, 1.165) is 66.6 Å². The molecular formula is C64H66ClN10O6+. The van der Waals surface area contributed by atoms with E-state index >= 15 is 4.79 Å². The molecule has 1 unspecified atom stereocenters. The lowest BCUT2D eigenvalue weighted by Gasteiger charge is -2.31. The molecule has 2 aromatic carbocycles. The number of hydrogen-bond acceptors (Lipinski definition) is 10. The number of para-hydroxylation sites is 2. The van der Waals surface area contributed by atoms with Crippen molar-refractivity contribution in [2.45, 2.75) is 95.3 Å². The van der Waals surface area contributed by atoms with Gasteiger partial charge in [-0.15, -0.1) is 0 Å². The predicted molar refractivity (Wildman–Crippen MR) is 313 cm³/mol. The molecule has 0 spiro atoms. The predicted octanol–water partition coefficient (Wildman–Crippen LogP) is 9.30. The van der Waals surface area contributed by atoms with Gasteiger partial charge in [0.15, 0.2) is 30.0 Å². The molecule has 1 saturated carbocycles. The number of nitrogens with zero attached hydrogens (tertiary/aromatic N) is 4. The SMILES string of the molecule is C=CC(=O)CCC(CN1CCc2[nH]c(-c3ccncc3C#C[C@H]3CCCCN3C(=O)C=C)c(Nc3cccc(C)c3OC)c2C1=O)[n+]1ccc(-c2[nH]c3c(c2Nc2cccc(Cl)c2OC)C(=O)NCC3)c(C#C[C@@H]2N[C@H]3CC[C@@H]2C3)c1. The van der Waals surface area contributed by atoms with Crippen molar-refractivity contribution in [2.24, 2.45) is 5.92 Å². The minimum Gasteiger partial charge on any atom is -0.494 e. The Hall–Kier alpha value is -8.57. The molecule has 1 aliphatic carbocycles. The molecule has 17 heteroatoms. The smallest absolute Gasteiger partial charge is 0.258 e. The first-order valence-corrected chi connectivity index (χ1v) is 28.3. The van der Waals surface area contributed by atoms with Gasteiger partial charge in [0.25, 0.3) is 11.8 Å². The summed E-state index contributed by atoms with van der Waals surface area (Å²) in [5.41, 5.74) is 9.96. The fourth-order valence-electron chi connectivity index (χ4n) is 12.4. The van der Waals surface area contributed by atoms with Crippen LogP contribution in [0.5, 0.6) is 11.5 Å². The Balaban J connectivity index is 0.994. The van der Waals surface area contributed by atoms with Gasteiger partial charge in [-0.25, -0.2) is 0 Å². The number of hydrogen-bond donors (Lipinski definition) is 6. The number of aromatic amines is 2. The van der Waals surface area contributed by atoms with Crippen molar-refractivity contribution in [2.75, 3.05) is 51.0 Å². The van der Waals surface area contributed by atoms with Crippen molar-refractivity contribution < 1.29 is 33.2 Å². The summed E-state index contributed by atoms with van der Waals surface area (Å²) in [6.45, 7) is 11.2. The Kier molecular flexibility index (Phi) is 15.9. The first-order chi connectivity index (χ1) is 39.4. The van der Waals surface area contributed by atoms with Gasteiger partial charge in [-0.2, -0.15) is 4.57 Å². The molecule has 6 aromatic rings. The maximum absolute atomic E-state index is 15.6. The number of piperidine rings is 2. The van der Waals surface area contributed by atoms with E-state index in [4.69, 9.17) is 21.1 Å². The number of pyridine rings is 2. The number of amides is 3. The Morgan fingerprint density at radius 2 is 1.62 bits per heavy atom. The van der Waals surface area contributed by atoms with Crippen LogP contribution in [0.3, 0.4) is 0 Å². The van der Waals surface area contributed by atoms with Gasteiger partial charge < -0.3 is 50.5 Å². The number of halogens is 1. The van der Waals surface area contributed by atoms with E-state index in [2.05, 4.69) is 77.6 Å². The molecule has 81 heavy (non-hydrogen) atoms. The van der Waals surface area contributed by atoms with Crippen LogP contribution in [0, 0.1) is 36.5 Å². The van der Waals surface area contributed by atoms with E-state index < -0.39 is 6.04 Å². The number of benzene rings is 2. The molecule has 16 nitrogen and oxygen atoms in total. The van der Waals surface area contributed by atoms with Crippen molar-refractivity contribution in [3.8, 4) is 57.7 Å². The van der Waals surface area contributed by atoms with Crippen molar-refractivity contribution in [1.29, 1.82) is 0 Å². The molecule has 4 aliphatic heterocycles. The summed E-state index contributed by atoms with van der Waals surface area (Å²) in [7, 11) is 3.18. The van der Waals surface area contributed by atoms with E-state index in [-0.39, 0.29) is 48.6 Å². The van der Waals surface area contributed by atoms with Crippen LogP contribution < -0.4 is 35.3 Å². The van der Waals surface area contributed by atoms with Gasteiger partial charge in [-0.1, -0.05) is 66.6 Å². The van der Waals surface area contributed by atoms with Crippen molar-refractivity contribution in [1.82, 2.24) is 35.4 Å². The molecule has 3 amide bonds. The molecule has 414 valence electrons. The molecule has 6 N–H and O–H groups in total. The molecular weight excluding hydrogens is 1040 g/mol. The zero-order chi connectivity index (χ0) is 56.3. The summed E-state index contributed by atoms with van der Waals surface area (Å²) < 4.78 is 13.8. The van der Waals surface area contributed by atoms with Gasteiger partial charge >= 0.3 is 0 Å². The third-order valence-corrected chi connectivity index (χ3v) is 16.8. The zero-order valence-corrected chi connectivity index (χ0v) is 46.7. The number of carbonyl (C=O) groups excluding carboxylic acids is 4. The molecule has 3 fully saturated rings. The van der Waals surface area contributed by atoms with Gasteiger partial charge in [0.05, 0.1) is 94.3 Å². The third-order valence-electron chi connectivity index (χ3n) is 16.5. The zero-order valence-electron chi connectivity index (χ0n) is 45.9. The number of ether oxygens (including phenoxy) is 2. The third kappa shape index (κ3) is 10.9. The van der Waals surface area contributed by atoms with Crippen molar-refractivity contribution in [3.05, 3.63) is 143 Å². The molecule has 11 rings (SSSR count). The van der Waals surface area contributed by atoms with Crippen LogP contribution >= 0.6 is 11.6 Å². The first-order valence-electron chi connectivity index (χ1n) is 27.9. The van der Waals surface area contributed by atoms with Gasteiger partial charge in [0.1, 0.15) is 5.75 Å². The molecule has 5 aliphatic rings. The lowest BCUT2D eigenvalue weighted by Crippen LogP contribution is -2.49. The van der Waals surface area contributed by atoms with E-state index in [0.29, 0.717) is 124 Å². The van der Waals surface area contributed by atoms with E-state index in [1.54, 1.807) is 37.6 Å². The van der Waals surface area contributed by atoms with E-state index in [1.807, 2.05) is 66.7 Å². The van der Waals surface area contributed by atoms with Crippen LogP contribution in [0.4, 0.5) is 22.7 Å². The largest absolute Gasteiger partial charge is 0.494 e. The second-order valence-electron chi connectivity index (χ2n) is 21.4. The number of anilines is 4. The monoisotopic (exact) mass is 1110 g/mol. The Morgan fingerprint density at radius 1 is 0.877 bits per heavy atom. The van der Waals surface area contributed by atoms with Crippen molar-refractivity contribution >= 4 is 57.9 Å². The number of fused-ring (bicyclic) bond motifs is 4. The molecule has 4 aromatic heterocycles. The fourth-order valence-corrected chi connectivity index (χ4v) is 12.6. The molecule has 8 heterocycles. The highest BCUT2D eigenvalue weighted by atomic mass is 35.5. The summed E-state index contributed by atoms with van der Waals surface area (Å²) >= 11 is 6.64. The number of rotatable bonds is 16. The van der Waals surface area contributed by atoms with E-state index in [1.165, 1.54) is 12.2 Å². The summed E-state index contributed by atoms with van der Waals surface area (Å²) in [5, 5.41) is 14.3. The average Bonchev–Trinajstić information content (AvgIpc) is 4.43. The van der Waals surface area contributed by atoms with Gasteiger partial charge in [-0.05, 0) is 93.3 Å². The number of methoxy groups -OCH3 is 2. The standard InChI is InChI=1S/C64H65ClN10O6/c1-6-45(76)23-22-44(73-32-27-47(41(36-73)19-24-49-39-17-20-42(34-39)68-49)58-59(55-50(69-58)26-30-67-63(55)78)72-53-16-11-14-48(65)62(53)81-5)37-74-33-28-51-56(64(74)79)60(71-52-15-10-12-38(3)61(52)80-4)57(70-51)46-25-29-66-35-40(46)18-21-43-13-8-9-31-75(43)54(77)7-2/h6-7,10-12,14-16,25,27,29,32,35-36,39,42-44,49,68H,1-2,8-9,13,17,20,22-23,26,28,30-31,33-34,37H2,3-5H3,(H4,66,67,69,70,71,72,78,79)/p+1/t39-,42+,43-,44?,49+/m1/s1. The summed E-state index contributed by atoms with van der Waals surface area (Å²) in [6.07, 6.45) is 17.7. The first kappa shape index (κ1) is 54.4. The summed E-state index contributed by atoms with van der Waals surface area (Å²) in [6, 6.07) is 14.9. The normalized spacial score (nSPS) is 19.2.